The minimum Gasteiger partial charge on any atom is -0.396 e. The summed E-state index contributed by atoms with van der Waals surface area (Å²) in [6.07, 6.45) is 2.58. The van der Waals surface area contributed by atoms with Gasteiger partial charge in [0, 0.05) is 23.6 Å². The summed E-state index contributed by atoms with van der Waals surface area (Å²) in [7, 11) is 0. The largest absolute Gasteiger partial charge is 0.396 e. The van der Waals surface area contributed by atoms with E-state index in [0.29, 0.717) is 6.42 Å². The van der Waals surface area contributed by atoms with Crippen LogP contribution in [0.2, 0.25) is 0 Å². The van der Waals surface area contributed by atoms with Crippen molar-refractivity contribution in [2.75, 3.05) is 18.2 Å². The first-order chi connectivity index (χ1) is 8.96. The van der Waals surface area contributed by atoms with Gasteiger partial charge in [0.1, 0.15) is 0 Å². The van der Waals surface area contributed by atoms with Crippen LogP contribution >= 0.6 is 11.8 Å². The molecule has 19 heavy (non-hydrogen) atoms. The molecule has 0 radical (unpaired) electrons. The van der Waals surface area contributed by atoms with Crippen molar-refractivity contribution in [3.05, 3.63) is 29.8 Å². The summed E-state index contributed by atoms with van der Waals surface area (Å²) in [6, 6.07) is 7.54. The van der Waals surface area contributed by atoms with Crippen LogP contribution in [0, 0.1) is 0 Å². The van der Waals surface area contributed by atoms with Crippen molar-refractivity contribution in [3.8, 4) is 0 Å². The van der Waals surface area contributed by atoms with Gasteiger partial charge < -0.3 is 15.7 Å². The third kappa shape index (κ3) is 5.98. The number of hydrogen-bond donors (Lipinski definition) is 3. The van der Waals surface area contributed by atoms with Gasteiger partial charge in [-0.25, -0.2) is 4.79 Å². The Kier molecular flexibility index (Phi) is 6.18. The van der Waals surface area contributed by atoms with Gasteiger partial charge in [-0.2, -0.15) is 11.8 Å². The molecule has 3 N–H and O–H groups in total. The lowest BCUT2D eigenvalue weighted by Crippen LogP contribution is -2.46. The van der Waals surface area contributed by atoms with Crippen LogP contribution in [-0.4, -0.2) is 29.5 Å². The summed E-state index contributed by atoms with van der Waals surface area (Å²) in [6.45, 7) is 3.81. The molecule has 2 amide bonds. The molecular formula is C14H22N2O2S. The Hall–Kier alpha value is -1.20. The molecular weight excluding hydrogens is 260 g/mol. The Labute approximate surface area is 119 Å². The number of aliphatic hydroxyl groups is 1. The third-order valence-electron chi connectivity index (χ3n) is 2.71. The van der Waals surface area contributed by atoms with E-state index in [0.717, 1.165) is 11.4 Å². The molecule has 1 aromatic carbocycles. The number of aliphatic hydroxyl groups excluding tert-OH is 1. The van der Waals surface area contributed by atoms with Gasteiger partial charge in [0.05, 0.1) is 0 Å². The SMILES string of the molecule is CSCc1ccc(NC(=O)NC(C)(C)CCO)cc1. The lowest BCUT2D eigenvalue weighted by Gasteiger charge is -2.25. The second kappa shape index (κ2) is 7.40. The molecule has 0 aliphatic rings. The molecule has 0 bridgehead atoms. The Balaban J connectivity index is 2.52. The van der Waals surface area contributed by atoms with E-state index < -0.39 is 5.54 Å². The fourth-order valence-corrected chi connectivity index (χ4v) is 2.19. The Morgan fingerprint density at radius 3 is 2.47 bits per heavy atom. The van der Waals surface area contributed by atoms with Gasteiger partial charge in [-0.05, 0) is 44.2 Å². The van der Waals surface area contributed by atoms with Crippen LogP contribution in [0.15, 0.2) is 24.3 Å². The van der Waals surface area contributed by atoms with Crippen LogP contribution in [0.3, 0.4) is 0 Å². The van der Waals surface area contributed by atoms with Gasteiger partial charge in [0.25, 0.3) is 0 Å². The first kappa shape index (κ1) is 15.9. The summed E-state index contributed by atoms with van der Waals surface area (Å²) in [5.41, 5.74) is 1.58. The number of benzene rings is 1. The maximum atomic E-state index is 11.8. The lowest BCUT2D eigenvalue weighted by molar-refractivity contribution is 0.218. The number of hydrogen-bond acceptors (Lipinski definition) is 3. The predicted octanol–water partition coefficient (Wildman–Crippen LogP) is 2.83. The topological polar surface area (TPSA) is 61.4 Å². The van der Waals surface area contributed by atoms with Gasteiger partial charge in [0.15, 0.2) is 0 Å². The second-order valence-electron chi connectivity index (χ2n) is 5.07. The molecule has 1 aromatic rings. The number of urea groups is 1. The molecule has 0 saturated carbocycles. The summed E-state index contributed by atoms with van der Waals surface area (Å²) in [4.78, 5) is 11.8. The number of amides is 2. The zero-order valence-electron chi connectivity index (χ0n) is 11.7. The van der Waals surface area contributed by atoms with Crippen molar-refractivity contribution in [3.63, 3.8) is 0 Å². The highest BCUT2D eigenvalue weighted by atomic mass is 32.2. The monoisotopic (exact) mass is 282 g/mol. The quantitative estimate of drug-likeness (QED) is 0.752. The molecule has 0 unspecified atom stereocenters. The molecule has 4 nitrogen and oxygen atoms in total. The van der Waals surface area contributed by atoms with E-state index in [2.05, 4.69) is 16.9 Å². The molecule has 0 saturated heterocycles. The third-order valence-corrected chi connectivity index (χ3v) is 3.33. The highest BCUT2D eigenvalue weighted by Crippen LogP contribution is 2.14. The number of carbonyl (C=O) groups excluding carboxylic acids is 1. The molecule has 106 valence electrons. The zero-order chi connectivity index (χ0) is 14.3. The summed E-state index contributed by atoms with van der Waals surface area (Å²) >= 11 is 1.76. The van der Waals surface area contributed by atoms with Crippen molar-refractivity contribution in [2.24, 2.45) is 0 Å². The zero-order valence-corrected chi connectivity index (χ0v) is 12.5. The number of carbonyl (C=O) groups is 1. The predicted molar refractivity (Wildman–Crippen MR) is 81.6 cm³/mol. The maximum absolute atomic E-state index is 11.8. The number of nitrogens with one attached hydrogen (secondary N) is 2. The van der Waals surface area contributed by atoms with Crippen LogP contribution in [-0.2, 0) is 5.75 Å². The molecule has 0 aliphatic carbocycles. The molecule has 1 rings (SSSR count). The number of rotatable bonds is 6. The summed E-state index contributed by atoms with van der Waals surface area (Å²) in [5.74, 6) is 0.968. The minimum atomic E-state index is -0.419. The fourth-order valence-electron chi connectivity index (χ4n) is 1.66. The second-order valence-corrected chi connectivity index (χ2v) is 5.93. The average molecular weight is 282 g/mol. The molecule has 0 heterocycles. The first-order valence-electron chi connectivity index (χ1n) is 6.25. The molecule has 0 atom stereocenters. The van der Waals surface area contributed by atoms with E-state index in [4.69, 9.17) is 5.11 Å². The molecule has 0 fully saturated rings. The van der Waals surface area contributed by atoms with Crippen LogP contribution < -0.4 is 10.6 Å². The van der Waals surface area contributed by atoms with Crippen LogP contribution in [0.25, 0.3) is 0 Å². The highest BCUT2D eigenvalue weighted by molar-refractivity contribution is 7.97. The van der Waals surface area contributed by atoms with Gasteiger partial charge in [-0.3, -0.25) is 0 Å². The van der Waals surface area contributed by atoms with E-state index in [1.165, 1.54) is 5.56 Å². The van der Waals surface area contributed by atoms with Gasteiger partial charge in [-0.15, -0.1) is 0 Å². The number of anilines is 1. The van der Waals surface area contributed by atoms with Crippen molar-refractivity contribution >= 4 is 23.5 Å². The van der Waals surface area contributed by atoms with Crippen LogP contribution in [0.4, 0.5) is 10.5 Å². The van der Waals surface area contributed by atoms with Gasteiger partial charge >= 0.3 is 6.03 Å². The van der Waals surface area contributed by atoms with Crippen LogP contribution in [0.1, 0.15) is 25.8 Å². The molecule has 5 heteroatoms. The van der Waals surface area contributed by atoms with E-state index in [1.54, 1.807) is 11.8 Å². The Morgan fingerprint density at radius 1 is 1.32 bits per heavy atom. The highest BCUT2D eigenvalue weighted by Gasteiger charge is 2.19. The van der Waals surface area contributed by atoms with E-state index in [-0.39, 0.29) is 12.6 Å². The Morgan fingerprint density at radius 2 is 1.95 bits per heavy atom. The van der Waals surface area contributed by atoms with Crippen molar-refractivity contribution in [1.29, 1.82) is 0 Å². The van der Waals surface area contributed by atoms with Gasteiger partial charge in [-0.1, -0.05) is 12.1 Å². The molecule has 0 aromatic heterocycles. The average Bonchev–Trinajstić information content (AvgIpc) is 2.31. The lowest BCUT2D eigenvalue weighted by atomic mass is 10.0. The van der Waals surface area contributed by atoms with Crippen LogP contribution in [0.5, 0.6) is 0 Å². The van der Waals surface area contributed by atoms with E-state index in [1.807, 2.05) is 38.1 Å². The van der Waals surface area contributed by atoms with Crippen molar-refractivity contribution < 1.29 is 9.90 Å². The summed E-state index contributed by atoms with van der Waals surface area (Å²) in [5, 5.41) is 14.5. The number of thioether (sulfide) groups is 1. The smallest absolute Gasteiger partial charge is 0.319 e. The molecule has 0 aliphatic heterocycles. The minimum absolute atomic E-state index is 0.0522. The fraction of sp³-hybridized carbons (Fsp3) is 0.500. The van der Waals surface area contributed by atoms with E-state index in [9.17, 15) is 4.79 Å². The Bertz CT molecular complexity index is 404. The van der Waals surface area contributed by atoms with E-state index >= 15 is 0 Å². The first-order valence-corrected chi connectivity index (χ1v) is 7.64. The van der Waals surface area contributed by atoms with Crippen molar-refractivity contribution in [2.45, 2.75) is 31.6 Å². The van der Waals surface area contributed by atoms with Crippen molar-refractivity contribution in [1.82, 2.24) is 5.32 Å². The maximum Gasteiger partial charge on any atom is 0.319 e. The standard InChI is InChI=1S/C14H22N2O2S/c1-14(2,8-9-17)16-13(18)15-12-6-4-11(5-7-12)10-19-3/h4-7,17H,8-10H2,1-3H3,(H2,15,16,18). The normalized spacial score (nSPS) is 11.2. The summed E-state index contributed by atoms with van der Waals surface area (Å²) < 4.78 is 0. The molecule has 0 spiro atoms. The van der Waals surface area contributed by atoms with Gasteiger partial charge in [0.2, 0.25) is 0 Å².